The lowest BCUT2D eigenvalue weighted by molar-refractivity contribution is -0.121. The zero-order valence-electron chi connectivity index (χ0n) is 18.9. The van der Waals surface area contributed by atoms with Gasteiger partial charge in [-0.25, -0.2) is 9.97 Å². The van der Waals surface area contributed by atoms with Gasteiger partial charge in [-0.05, 0) is 41.8 Å². The zero-order valence-corrected chi connectivity index (χ0v) is 18.9. The van der Waals surface area contributed by atoms with Gasteiger partial charge in [-0.2, -0.15) is 0 Å². The second-order valence-corrected chi connectivity index (χ2v) is 8.42. The summed E-state index contributed by atoms with van der Waals surface area (Å²) in [6.45, 7) is 3.40. The van der Waals surface area contributed by atoms with Crippen molar-refractivity contribution >= 4 is 27.8 Å². The molecule has 0 unspecified atom stereocenters. The van der Waals surface area contributed by atoms with Gasteiger partial charge in [0.1, 0.15) is 0 Å². The van der Waals surface area contributed by atoms with Crippen molar-refractivity contribution in [3.63, 3.8) is 0 Å². The Hall–Kier alpha value is -4.26. The molecule has 0 bridgehead atoms. The molecule has 0 atom stereocenters. The lowest BCUT2D eigenvalue weighted by atomic mass is 10.1. The van der Waals surface area contributed by atoms with Crippen molar-refractivity contribution in [2.75, 3.05) is 0 Å². The third kappa shape index (κ3) is 4.45. The minimum atomic E-state index is -0.122. The monoisotopic (exact) mass is 451 g/mol. The van der Waals surface area contributed by atoms with Crippen LogP contribution in [0.15, 0.2) is 84.2 Å². The van der Waals surface area contributed by atoms with E-state index in [1.807, 2.05) is 55.7 Å². The number of imidazole rings is 1. The summed E-state index contributed by atoms with van der Waals surface area (Å²) in [6, 6.07) is 21.8. The lowest BCUT2D eigenvalue weighted by Gasteiger charge is -2.09. The molecule has 2 heterocycles. The quantitative estimate of drug-likeness (QED) is 0.408. The lowest BCUT2D eigenvalue weighted by Crippen LogP contribution is -2.27. The van der Waals surface area contributed by atoms with Crippen LogP contribution in [0.3, 0.4) is 0 Å². The van der Waals surface area contributed by atoms with E-state index >= 15 is 0 Å². The van der Waals surface area contributed by atoms with E-state index in [4.69, 9.17) is 0 Å². The highest BCUT2D eigenvalue weighted by atomic mass is 16.1. The van der Waals surface area contributed by atoms with Crippen molar-refractivity contribution < 1.29 is 4.79 Å². The fourth-order valence-electron chi connectivity index (χ4n) is 4.10. The average Bonchev–Trinajstić information content (AvgIpc) is 3.26. The molecule has 1 N–H and O–H groups in total. The predicted molar refractivity (Wildman–Crippen MR) is 132 cm³/mol. The van der Waals surface area contributed by atoms with Gasteiger partial charge in [0.25, 0.3) is 5.56 Å². The standard InChI is InChI=1S/C27H25N5O2/c1-19-5-4-6-22-26(19)30-18-31(27(22)34)14-13-25(33)28-15-20-9-11-21(12-10-20)16-32-17-29-23-7-2-3-8-24(23)32/h2-12,17-18H,13-16H2,1H3,(H,28,33). The van der Waals surface area contributed by atoms with Gasteiger partial charge in [0.05, 0.1) is 34.6 Å². The molecule has 3 aromatic carbocycles. The first kappa shape index (κ1) is 21.6. The number of aryl methyl sites for hydroxylation is 2. The van der Waals surface area contributed by atoms with Crippen LogP contribution in [0, 0.1) is 6.92 Å². The van der Waals surface area contributed by atoms with Gasteiger partial charge in [0, 0.05) is 26.1 Å². The van der Waals surface area contributed by atoms with Crippen LogP contribution in [0.4, 0.5) is 0 Å². The number of benzene rings is 3. The Labute approximate surface area is 196 Å². The van der Waals surface area contributed by atoms with E-state index < -0.39 is 0 Å². The Balaban J connectivity index is 1.16. The van der Waals surface area contributed by atoms with Gasteiger partial charge in [-0.3, -0.25) is 14.2 Å². The molecule has 1 amide bonds. The molecule has 0 aliphatic rings. The van der Waals surface area contributed by atoms with Crippen LogP contribution >= 0.6 is 0 Å². The molecule has 34 heavy (non-hydrogen) atoms. The van der Waals surface area contributed by atoms with Crippen LogP contribution in [0.1, 0.15) is 23.1 Å². The molecule has 7 nitrogen and oxygen atoms in total. The summed E-state index contributed by atoms with van der Waals surface area (Å²) in [7, 11) is 0. The average molecular weight is 452 g/mol. The first-order chi connectivity index (χ1) is 16.6. The Kier molecular flexibility index (Phi) is 5.91. The molecule has 0 aliphatic heterocycles. The normalized spacial score (nSPS) is 11.2. The number of amides is 1. The summed E-state index contributed by atoms with van der Waals surface area (Å²) in [4.78, 5) is 33.9. The van der Waals surface area contributed by atoms with Gasteiger partial charge in [-0.1, -0.05) is 48.5 Å². The Morgan fingerprint density at radius 3 is 2.50 bits per heavy atom. The molecular formula is C27H25N5O2. The van der Waals surface area contributed by atoms with Crippen molar-refractivity contribution in [1.82, 2.24) is 24.4 Å². The van der Waals surface area contributed by atoms with E-state index in [9.17, 15) is 9.59 Å². The topological polar surface area (TPSA) is 81.8 Å². The minimum absolute atomic E-state index is 0.106. The van der Waals surface area contributed by atoms with Crippen LogP contribution in [0.2, 0.25) is 0 Å². The number of para-hydroxylation sites is 3. The fourth-order valence-corrected chi connectivity index (χ4v) is 4.10. The predicted octanol–water partition coefficient (Wildman–Crippen LogP) is 3.81. The Morgan fingerprint density at radius 1 is 0.882 bits per heavy atom. The van der Waals surface area contributed by atoms with Crippen molar-refractivity contribution in [2.24, 2.45) is 0 Å². The second-order valence-electron chi connectivity index (χ2n) is 8.42. The maximum atomic E-state index is 12.7. The number of aromatic nitrogens is 4. The van der Waals surface area contributed by atoms with E-state index in [1.54, 1.807) is 6.07 Å². The summed E-state index contributed by atoms with van der Waals surface area (Å²) in [5.41, 5.74) is 5.82. The molecule has 2 aromatic heterocycles. The number of carbonyl (C=O) groups is 1. The first-order valence-corrected chi connectivity index (χ1v) is 11.3. The van der Waals surface area contributed by atoms with Crippen LogP contribution < -0.4 is 10.9 Å². The fraction of sp³-hybridized carbons (Fsp3) is 0.185. The molecule has 0 spiro atoms. The van der Waals surface area contributed by atoms with Crippen molar-refractivity contribution in [1.29, 1.82) is 0 Å². The third-order valence-electron chi connectivity index (χ3n) is 6.03. The van der Waals surface area contributed by atoms with Crippen LogP contribution in [0.25, 0.3) is 21.9 Å². The maximum Gasteiger partial charge on any atom is 0.261 e. The highest BCUT2D eigenvalue weighted by Gasteiger charge is 2.08. The Morgan fingerprint density at radius 2 is 1.65 bits per heavy atom. The molecule has 5 rings (SSSR count). The molecule has 0 radical (unpaired) electrons. The number of carbonyl (C=O) groups excluding carboxylic acids is 1. The molecule has 0 saturated carbocycles. The van der Waals surface area contributed by atoms with Gasteiger partial charge in [-0.15, -0.1) is 0 Å². The largest absolute Gasteiger partial charge is 0.352 e. The van der Waals surface area contributed by atoms with Crippen LogP contribution in [-0.4, -0.2) is 25.0 Å². The van der Waals surface area contributed by atoms with Gasteiger partial charge < -0.3 is 9.88 Å². The zero-order chi connectivity index (χ0) is 23.5. The SMILES string of the molecule is Cc1cccc2c(=O)n(CCC(=O)NCc3ccc(Cn4cnc5ccccc54)cc3)cnc12. The molecule has 0 saturated heterocycles. The Bertz CT molecular complexity index is 1530. The molecule has 7 heteroatoms. The molecule has 5 aromatic rings. The summed E-state index contributed by atoms with van der Waals surface area (Å²) >= 11 is 0. The van der Waals surface area contributed by atoms with E-state index in [-0.39, 0.29) is 17.9 Å². The van der Waals surface area contributed by atoms with E-state index in [2.05, 4.69) is 38.1 Å². The first-order valence-electron chi connectivity index (χ1n) is 11.3. The van der Waals surface area contributed by atoms with Crippen LogP contribution in [0.5, 0.6) is 0 Å². The summed E-state index contributed by atoms with van der Waals surface area (Å²) in [5.74, 6) is -0.106. The number of nitrogens with one attached hydrogen (secondary N) is 1. The third-order valence-corrected chi connectivity index (χ3v) is 6.03. The van der Waals surface area contributed by atoms with Crippen LogP contribution in [-0.2, 0) is 24.4 Å². The maximum absolute atomic E-state index is 12.7. The van der Waals surface area contributed by atoms with Crippen molar-refractivity contribution in [3.8, 4) is 0 Å². The van der Waals surface area contributed by atoms with Crippen molar-refractivity contribution in [2.45, 2.75) is 33.0 Å². The highest BCUT2D eigenvalue weighted by molar-refractivity contribution is 5.80. The second kappa shape index (κ2) is 9.31. The van der Waals surface area contributed by atoms with Gasteiger partial charge in [0.15, 0.2) is 0 Å². The molecule has 0 fully saturated rings. The van der Waals surface area contributed by atoms with E-state index in [0.29, 0.717) is 24.0 Å². The summed E-state index contributed by atoms with van der Waals surface area (Å²) < 4.78 is 3.62. The minimum Gasteiger partial charge on any atom is -0.352 e. The number of nitrogens with zero attached hydrogens (tertiary/aromatic N) is 4. The van der Waals surface area contributed by atoms with E-state index in [0.717, 1.165) is 34.3 Å². The number of hydrogen-bond acceptors (Lipinski definition) is 4. The summed E-state index contributed by atoms with van der Waals surface area (Å²) in [6.07, 6.45) is 3.59. The summed E-state index contributed by atoms with van der Waals surface area (Å²) in [5, 5.41) is 3.51. The van der Waals surface area contributed by atoms with Gasteiger partial charge in [0.2, 0.25) is 5.91 Å². The highest BCUT2D eigenvalue weighted by Crippen LogP contribution is 2.15. The number of hydrogen-bond donors (Lipinski definition) is 1. The molecule has 170 valence electrons. The molecular weight excluding hydrogens is 426 g/mol. The van der Waals surface area contributed by atoms with Gasteiger partial charge >= 0.3 is 0 Å². The molecule has 0 aliphatic carbocycles. The van der Waals surface area contributed by atoms with E-state index in [1.165, 1.54) is 10.9 Å². The van der Waals surface area contributed by atoms with Crippen molar-refractivity contribution in [3.05, 3.63) is 106 Å². The number of rotatable bonds is 7. The number of fused-ring (bicyclic) bond motifs is 2. The smallest absolute Gasteiger partial charge is 0.261 e.